The van der Waals surface area contributed by atoms with Gasteiger partial charge in [0.15, 0.2) is 0 Å². The molecule has 1 aliphatic carbocycles. The van der Waals surface area contributed by atoms with E-state index < -0.39 is 0 Å². The lowest BCUT2D eigenvalue weighted by Crippen LogP contribution is -2.40. The maximum absolute atomic E-state index is 3.34. The van der Waals surface area contributed by atoms with Crippen molar-refractivity contribution in [3.63, 3.8) is 0 Å². The Morgan fingerprint density at radius 2 is 1.90 bits per heavy atom. The molecule has 0 amide bonds. The molecule has 56 valence electrons. The van der Waals surface area contributed by atoms with Crippen molar-refractivity contribution >= 4 is 0 Å². The Labute approximate surface area is 61.9 Å². The molecule has 0 unspecified atom stereocenters. The smallest absolute Gasteiger partial charge is 0.0298 e. The van der Waals surface area contributed by atoms with Gasteiger partial charge in [-0.05, 0) is 19.0 Å². The van der Waals surface area contributed by atoms with Gasteiger partial charge in [-0.15, -0.1) is 0 Å². The first-order valence-corrected chi connectivity index (χ1v) is 4.09. The molecule has 2 heteroatoms. The monoisotopic (exact) mass is 138 g/mol. The van der Waals surface area contributed by atoms with Gasteiger partial charge in [0.05, 0.1) is 0 Å². The average molecular weight is 138 g/mol. The van der Waals surface area contributed by atoms with Crippen LogP contribution in [-0.2, 0) is 0 Å². The molecule has 1 aliphatic heterocycles. The highest BCUT2D eigenvalue weighted by Crippen LogP contribution is 2.27. The summed E-state index contributed by atoms with van der Waals surface area (Å²) >= 11 is 0. The molecule has 2 aliphatic rings. The number of hydrogen-bond donors (Lipinski definition) is 1. The fourth-order valence-electron chi connectivity index (χ4n) is 1.27. The van der Waals surface area contributed by atoms with Crippen LogP contribution in [0.15, 0.2) is 11.8 Å². The zero-order valence-electron chi connectivity index (χ0n) is 6.27. The Kier molecular flexibility index (Phi) is 1.63. The van der Waals surface area contributed by atoms with Gasteiger partial charge in [-0.25, -0.2) is 0 Å². The minimum Gasteiger partial charge on any atom is -0.375 e. The van der Waals surface area contributed by atoms with Gasteiger partial charge in [-0.3, -0.25) is 0 Å². The molecule has 2 nitrogen and oxygen atoms in total. The van der Waals surface area contributed by atoms with Gasteiger partial charge in [0.25, 0.3) is 0 Å². The fourth-order valence-corrected chi connectivity index (χ4v) is 1.27. The zero-order chi connectivity index (χ0) is 6.81. The van der Waals surface area contributed by atoms with Gasteiger partial charge in [0.2, 0.25) is 0 Å². The Morgan fingerprint density at radius 1 is 1.20 bits per heavy atom. The van der Waals surface area contributed by atoms with E-state index in [9.17, 15) is 0 Å². The van der Waals surface area contributed by atoms with E-state index in [0.717, 1.165) is 13.1 Å². The molecular weight excluding hydrogens is 124 g/mol. The molecule has 2 fully saturated rings. The summed E-state index contributed by atoms with van der Waals surface area (Å²) < 4.78 is 0. The predicted octanol–water partition coefficient (Wildman–Crippen LogP) is 0.569. The van der Waals surface area contributed by atoms with E-state index in [1.807, 2.05) is 0 Å². The van der Waals surface area contributed by atoms with Crippen LogP contribution in [0.5, 0.6) is 0 Å². The summed E-state index contributed by atoms with van der Waals surface area (Å²) in [5.41, 5.74) is 1.64. The number of hydrogen-bond acceptors (Lipinski definition) is 2. The number of allylic oxidation sites excluding steroid dienone is 1. The zero-order valence-corrected chi connectivity index (χ0v) is 6.27. The van der Waals surface area contributed by atoms with Gasteiger partial charge in [0.1, 0.15) is 0 Å². The Morgan fingerprint density at radius 3 is 2.50 bits per heavy atom. The van der Waals surface area contributed by atoms with Crippen LogP contribution in [-0.4, -0.2) is 31.1 Å². The van der Waals surface area contributed by atoms with Crippen LogP contribution in [0.3, 0.4) is 0 Å². The summed E-state index contributed by atoms with van der Waals surface area (Å²) in [6.45, 7) is 4.71. The summed E-state index contributed by atoms with van der Waals surface area (Å²) in [5, 5.41) is 3.34. The first-order chi connectivity index (χ1) is 4.95. The third-order valence-electron chi connectivity index (χ3n) is 2.06. The molecule has 1 heterocycles. The Balaban J connectivity index is 1.84. The van der Waals surface area contributed by atoms with Crippen molar-refractivity contribution in [3.05, 3.63) is 11.8 Å². The fraction of sp³-hybridized carbons (Fsp3) is 0.750. The third-order valence-corrected chi connectivity index (χ3v) is 2.06. The second-order valence-corrected chi connectivity index (χ2v) is 3.07. The third kappa shape index (κ3) is 1.51. The lowest BCUT2D eigenvalue weighted by Gasteiger charge is -2.25. The van der Waals surface area contributed by atoms with E-state index in [2.05, 4.69) is 16.4 Å². The second-order valence-electron chi connectivity index (χ2n) is 3.07. The predicted molar refractivity (Wildman–Crippen MR) is 41.8 cm³/mol. The van der Waals surface area contributed by atoms with Crippen LogP contribution in [0.1, 0.15) is 12.8 Å². The van der Waals surface area contributed by atoms with Crippen molar-refractivity contribution in [2.24, 2.45) is 0 Å². The SMILES string of the molecule is C(=C1CC1)N1CCNCC1. The summed E-state index contributed by atoms with van der Waals surface area (Å²) in [4.78, 5) is 2.43. The molecule has 0 bridgehead atoms. The molecule has 2 rings (SSSR count). The van der Waals surface area contributed by atoms with Gasteiger partial charge in [-0.1, -0.05) is 5.57 Å². The Hall–Kier alpha value is -0.500. The van der Waals surface area contributed by atoms with Crippen LogP contribution < -0.4 is 5.32 Å². The largest absolute Gasteiger partial charge is 0.375 e. The van der Waals surface area contributed by atoms with Gasteiger partial charge >= 0.3 is 0 Å². The van der Waals surface area contributed by atoms with Crippen LogP contribution in [0.25, 0.3) is 0 Å². The summed E-state index contributed by atoms with van der Waals surface area (Å²) in [6, 6.07) is 0. The summed E-state index contributed by atoms with van der Waals surface area (Å²) in [7, 11) is 0. The highest BCUT2D eigenvalue weighted by atomic mass is 15.2. The molecule has 1 saturated carbocycles. The van der Waals surface area contributed by atoms with Gasteiger partial charge in [-0.2, -0.15) is 0 Å². The second kappa shape index (κ2) is 2.62. The lowest BCUT2D eigenvalue weighted by atomic mass is 10.4. The topological polar surface area (TPSA) is 15.3 Å². The highest BCUT2D eigenvalue weighted by Gasteiger charge is 2.13. The van der Waals surface area contributed by atoms with Crippen molar-refractivity contribution < 1.29 is 0 Å². The molecule has 1 N–H and O–H groups in total. The first kappa shape index (κ1) is 6.23. The van der Waals surface area contributed by atoms with Crippen LogP contribution in [0, 0.1) is 0 Å². The highest BCUT2D eigenvalue weighted by molar-refractivity contribution is 5.15. The van der Waals surface area contributed by atoms with Crippen molar-refractivity contribution in [1.82, 2.24) is 10.2 Å². The van der Waals surface area contributed by atoms with E-state index in [4.69, 9.17) is 0 Å². The van der Waals surface area contributed by atoms with Crippen molar-refractivity contribution in [2.75, 3.05) is 26.2 Å². The van der Waals surface area contributed by atoms with E-state index in [0.29, 0.717) is 0 Å². The number of rotatable bonds is 1. The lowest BCUT2D eigenvalue weighted by molar-refractivity contribution is 0.323. The quantitative estimate of drug-likeness (QED) is 0.570. The average Bonchev–Trinajstić information content (AvgIpc) is 2.74. The first-order valence-electron chi connectivity index (χ1n) is 4.09. The number of piperazine rings is 1. The van der Waals surface area contributed by atoms with Gasteiger partial charge in [0, 0.05) is 26.2 Å². The summed E-state index contributed by atoms with van der Waals surface area (Å²) in [6.07, 6.45) is 5.05. The molecule has 0 radical (unpaired) electrons. The molecule has 10 heavy (non-hydrogen) atoms. The van der Waals surface area contributed by atoms with E-state index in [-0.39, 0.29) is 0 Å². The molecule has 0 aromatic heterocycles. The minimum absolute atomic E-state index is 1.16. The van der Waals surface area contributed by atoms with E-state index in [1.54, 1.807) is 5.57 Å². The van der Waals surface area contributed by atoms with Crippen LogP contribution in [0.2, 0.25) is 0 Å². The normalized spacial score (nSPS) is 24.8. The molecule has 1 saturated heterocycles. The molecule has 0 aromatic carbocycles. The maximum Gasteiger partial charge on any atom is 0.0298 e. The van der Waals surface area contributed by atoms with Crippen molar-refractivity contribution in [3.8, 4) is 0 Å². The molecule has 0 atom stereocenters. The number of nitrogens with zero attached hydrogens (tertiary/aromatic N) is 1. The number of nitrogens with one attached hydrogen (secondary N) is 1. The Bertz CT molecular complexity index is 139. The summed E-state index contributed by atoms with van der Waals surface area (Å²) in [5.74, 6) is 0. The van der Waals surface area contributed by atoms with Crippen molar-refractivity contribution in [2.45, 2.75) is 12.8 Å². The maximum atomic E-state index is 3.34. The van der Waals surface area contributed by atoms with E-state index >= 15 is 0 Å². The van der Waals surface area contributed by atoms with Crippen LogP contribution >= 0.6 is 0 Å². The minimum atomic E-state index is 1.16. The van der Waals surface area contributed by atoms with Gasteiger partial charge < -0.3 is 10.2 Å². The molecule has 0 aromatic rings. The van der Waals surface area contributed by atoms with E-state index in [1.165, 1.54) is 25.9 Å². The van der Waals surface area contributed by atoms with Crippen molar-refractivity contribution in [1.29, 1.82) is 0 Å². The molecular formula is C8H14N2. The standard InChI is InChI=1S/C8H14N2/c1-2-8(1)7-10-5-3-9-4-6-10/h7,9H,1-6H2. The molecule has 0 spiro atoms. The van der Waals surface area contributed by atoms with Crippen LogP contribution in [0.4, 0.5) is 0 Å².